The molecule has 110 valence electrons. The molecule has 1 aliphatic carbocycles. The summed E-state index contributed by atoms with van der Waals surface area (Å²) in [5.74, 6) is -2.14. The fourth-order valence-corrected chi connectivity index (χ4v) is 3.08. The molecule has 0 amide bonds. The summed E-state index contributed by atoms with van der Waals surface area (Å²) in [5, 5.41) is 9.62. The van der Waals surface area contributed by atoms with E-state index in [1.807, 2.05) is 0 Å². The van der Waals surface area contributed by atoms with Crippen molar-refractivity contribution in [1.82, 2.24) is 0 Å². The molecule has 1 aromatic carbocycles. The molecule has 0 aromatic heterocycles. The van der Waals surface area contributed by atoms with Gasteiger partial charge in [0, 0.05) is 6.07 Å². The highest BCUT2D eigenvalue weighted by molar-refractivity contribution is 5.75. The molecular weight excluding hydrogens is 262 g/mol. The van der Waals surface area contributed by atoms with E-state index in [4.69, 9.17) is 0 Å². The Balaban J connectivity index is 2.25. The maximum Gasteiger partial charge on any atom is 0.309 e. The molecule has 1 N–H and O–H groups in total. The first kappa shape index (κ1) is 14.9. The van der Waals surface area contributed by atoms with Gasteiger partial charge in [0.05, 0.1) is 5.41 Å². The Hall–Kier alpha value is -1.45. The van der Waals surface area contributed by atoms with Gasteiger partial charge in [-0.3, -0.25) is 4.79 Å². The molecule has 0 saturated heterocycles. The fraction of sp³-hybridized carbons (Fsp3) is 0.562. The average molecular weight is 282 g/mol. The Morgan fingerprint density at radius 1 is 1.10 bits per heavy atom. The Morgan fingerprint density at radius 3 is 2.25 bits per heavy atom. The van der Waals surface area contributed by atoms with Crippen LogP contribution in [-0.4, -0.2) is 11.1 Å². The average Bonchev–Trinajstić information content (AvgIpc) is 2.35. The summed E-state index contributed by atoms with van der Waals surface area (Å²) < 4.78 is 26.7. The highest BCUT2D eigenvalue weighted by atomic mass is 19.1. The molecule has 0 bridgehead atoms. The maximum atomic E-state index is 13.8. The second-order valence-corrected chi connectivity index (χ2v) is 5.77. The summed E-state index contributed by atoms with van der Waals surface area (Å²) >= 11 is 0. The van der Waals surface area contributed by atoms with Crippen LogP contribution in [0.1, 0.15) is 50.5 Å². The minimum absolute atomic E-state index is 0.147. The summed E-state index contributed by atoms with van der Waals surface area (Å²) in [6, 6.07) is 3.39. The SMILES string of the molecule is O=C(O)C1(Cc2ccc(F)cc2F)CCCCCCC1. The largest absolute Gasteiger partial charge is 0.481 e. The minimum Gasteiger partial charge on any atom is -0.481 e. The van der Waals surface area contributed by atoms with Gasteiger partial charge in [0.15, 0.2) is 0 Å². The summed E-state index contributed by atoms with van der Waals surface area (Å²) in [7, 11) is 0. The molecule has 0 radical (unpaired) electrons. The Kier molecular flexibility index (Phi) is 4.73. The molecule has 1 aliphatic rings. The number of benzene rings is 1. The van der Waals surface area contributed by atoms with Gasteiger partial charge in [-0.05, 0) is 30.9 Å². The van der Waals surface area contributed by atoms with Gasteiger partial charge in [-0.15, -0.1) is 0 Å². The molecule has 2 nitrogen and oxygen atoms in total. The molecule has 0 aliphatic heterocycles. The van der Waals surface area contributed by atoms with E-state index in [2.05, 4.69) is 0 Å². The predicted octanol–water partition coefficient (Wildman–Crippen LogP) is 4.32. The lowest BCUT2D eigenvalue weighted by Gasteiger charge is -2.31. The van der Waals surface area contributed by atoms with Crippen LogP contribution in [0.15, 0.2) is 18.2 Å². The van der Waals surface area contributed by atoms with E-state index in [0.717, 1.165) is 38.2 Å². The zero-order valence-electron chi connectivity index (χ0n) is 11.5. The van der Waals surface area contributed by atoms with E-state index in [0.29, 0.717) is 18.4 Å². The number of hydrogen-bond acceptors (Lipinski definition) is 1. The van der Waals surface area contributed by atoms with Crippen LogP contribution in [0.5, 0.6) is 0 Å². The van der Waals surface area contributed by atoms with Gasteiger partial charge >= 0.3 is 5.97 Å². The van der Waals surface area contributed by atoms with Crippen LogP contribution in [0.3, 0.4) is 0 Å². The van der Waals surface area contributed by atoms with E-state index in [1.54, 1.807) is 0 Å². The lowest BCUT2D eigenvalue weighted by Crippen LogP contribution is -2.34. The summed E-state index contributed by atoms with van der Waals surface area (Å²) in [4.78, 5) is 11.7. The number of carboxylic acids is 1. The number of carbonyl (C=O) groups is 1. The molecule has 1 aromatic rings. The Labute approximate surface area is 117 Å². The van der Waals surface area contributed by atoms with Gasteiger partial charge in [-0.2, -0.15) is 0 Å². The molecule has 2 rings (SSSR count). The van der Waals surface area contributed by atoms with Gasteiger partial charge in [-0.1, -0.05) is 38.2 Å². The van der Waals surface area contributed by atoms with Crippen LogP contribution in [-0.2, 0) is 11.2 Å². The van der Waals surface area contributed by atoms with Crippen molar-refractivity contribution < 1.29 is 18.7 Å². The maximum absolute atomic E-state index is 13.8. The van der Waals surface area contributed by atoms with Gasteiger partial charge in [0.2, 0.25) is 0 Å². The summed E-state index contributed by atoms with van der Waals surface area (Å²) in [6.07, 6.45) is 6.19. The van der Waals surface area contributed by atoms with Crippen molar-refractivity contribution in [2.75, 3.05) is 0 Å². The standard InChI is InChI=1S/C16H20F2O2/c17-13-7-6-12(14(18)10-13)11-16(15(19)20)8-4-2-1-3-5-9-16/h6-7,10H,1-5,8-9,11H2,(H,19,20). The first-order chi connectivity index (χ1) is 9.53. The molecular formula is C16H20F2O2. The molecule has 0 spiro atoms. The first-order valence-corrected chi connectivity index (χ1v) is 7.21. The lowest BCUT2D eigenvalue weighted by molar-refractivity contribution is -0.150. The van der Waals surface area contributed by atoms with E-state index in [-0.39, 0.29) is 6.42 Å². The third kappa shape index (κ3) is 3.35. The number of rotatable bonds is 3. The van der Waals surface area contributed by atoms with Crippen LogP contribution in [0.25, 0.3) is 0 Å². The van der Waals surface area contributed by atoms with Crippen molar-refractivity contribution in [3.8, 4) is 0 Å². The van der Waals surface area contributed by atoms with Crippen molar-refractivity contribution in [1.29, 1.82) is 0 Å². The molecule has 20 heavy (non-hydrogen) atoms. The number of carboxylic acid groups (broad SMARTS) is 1. The van der Waals surface area contributed by atoms with Crippen LogP contribution in [0.2, 0.25) is 0 Å². The molecule has 0 unspecified atom stereocenters. The molecule has 4 heteroatoms. The smallest absolute Gasteiger partial charge is 0.309 e. The van der Waals surface area contributed by atoms with E-state index >= 15 is 0 Å². The second kappa shape index (κ2) is 6.33. The number of aliphatic carboxylic acids is 1. The summed E-state index contributed by atoms with van der Waals surface area (Å²) in [5.41, 5.74) is -0.603. The third-order valence-electron chi connectivity index (χ3n) is 4.31. The third-order valence-corrected chi connectivity index (χ3v) is 4.31. The fourth-order valence-electron chi connectivity index (χ4n) is 3.08. The monoisotopic (exact) mass is 282 g/mol. The van der Waals surface area contributed by atoms with E-state index in [9.17, 15) is 18.7 Å². The highest BCUT2D eigenvalue weighted by Crippen LogP contribution is 2.38. The Morgan fingerprint density at radius 2 is 1.70 bits per heavy atom. The van der Waals surface area contributed by atoms with Crippen LogP contribution < -0.4 is 0 Å². The topological polar surface area (TPSA) is 37.3 Å². The quantitative estimate of drug-likeness (QED) is 0.896. The van der Waals surface area contributed by atoms with Crippen molar-refractivity contribution >= 4 is 5.97 Å². The van der Waals surface area contributed by atoms with E-state index in [1.165, 1.54) is 12.1 Å². The van der Waals surface area contributed by atoms with Crippen LogP contribution >= 0.6 is 0 Å². The van der Waals surface area contributed by atoms with Gasteiger partial charge in [0.1, 0.15) is 11.6 Å². The van der Waals surface area contributed by atoms with Crippen molar-refractivity contribution in [2.24, 2.45) is 5.41 Å². The van der Waals surface area contributed by atoms with E-state index < -0.39 is 23.0 Å². The molecule has 0 atom stereocenters. The minimum atomic E-state index is -0.904. The first-order valence-electron chi connectivity index (χ1n) is 7.21. The predicted molar refractivity (Wildman–Crippen MR) is 72.4 cm³/mol. The van der Waals surface area contributed by atoms with Crippen molar-refractivity contribution in [3.05, 3.63) is 35.4 Å². The van der Waals surface area contributed by atoms with Crippen LogP contribution in [0, 0.1) is 17.0 Å². The Bertz CT molecular complexity index is 477. The molecule has 1 saturated carbocycles. The normalized spacial score (nSPS) is 19.1. The summed E-state index contributed by atoms with van der Waals surface area (Å²) in [6.45, 7) is 0. The highest BCUT2D eigenvalue weighted by Gasteiger charge is 2.38. The van der Waals surface area contributed by atoms with Crippen molar-refractivity contribution in [3.63, 3.8) is 0 Å². The van der Waals surface area contributed by atoms with Gasteiger partial charge in [0.25, 0.3) is 0 Å². The number of hydrogen-bond donors (Lipinski definition) is 1. The molecule has 0 heterocycles. The zero-order chi connectivity index (χ0) is 14.6. The second-order valence-electron chi connectivity index (χ2n) is 5.77. The van der Waals surface area contributed by atoms with Gasteiger partial charge < -0.3 is 5.11 Å². The van der Waals surface area contributed by atoms with Gasteiger partial charge in [-0.25, -0.2) is 8.78 Å². The number of halogens is 2. The lowest BCUT2D eigenvalue weighted by atomic mass is 9.72. The molecule has 1 fully saturated rings. The zero-order valence-corrected chi connectivity index (χ0v) is 11.5. The van der Waals surface area contributed by atoms with Crippen molar-refractivity contribution in [2.45, 2.75) is 51.4 Å². The van der Waals surface area contributed by atoms with Crippen LogP contribution in [0.4, 0.5) is 8.78 Å².